The molecule has 2 aromatic rings. The summed E-state index contributed by atoms with van der Waals surface area (Å²) in [4.78, 5) is 10.8. The Morgan fingerprint density at radius 3 is 2.78 bits per heavy atom. The molecule has 0 saturated carbocycles. The van der Waals surface area contributed by atoms with Crippen LogP contribution in [0.1, 0.15) is 21.5 Å². The van der Waals surface area contributed by atoms with Crippen LogP contribution in [0.2, 0.25) is 0 Å². The van der Waals surface area contributed by atoms with Crippen molar-refractivity contribution in [1.82, 2.24) is 0 Å². The van der Waals surface area contributed by atoms with E-state index in [1.807, 2.05) is 31.2 Å². The van der Waals surface area contributed by atoms with Gasteiger partial charge in [-0.15, -0.1) is 0 Å². The van der Waals surface area contributed by atoms with Crippen LogP contribution in [0.15, 0.2) is 42.5 Å². The van der Waals surface area contributed by atoms with Crippen LogP contribution in [0.4, 0.5) is 4.39 Å². The molecule has 2 aromatic carbocycles. The lowest BCUT2D eigenvalue weighted by Crippen LogP contribution is -1.99. The quantitative estimate of drug-likeness (QED) is 0.769. The highest BCUT2D eigenvalue weighted by Crippen LogP contribution is 2.19. The van der Waals surface area contributed by atoms with Gasteiger partial charge >= 0.3 is 0 Å². The fourth-order valence-corrected chi connectivity index (χ4v) is 1.71. The highest BCUT2D eigenvalue weighted by molar-refractivity contribution is 5.79. The second-order valence-corrected chi connectivity index (χ2v) is 4.08. The normalized spacial score (nSPS) is 10.1. The van der Waals surface area contributed by atoms with Gasteiger partial charge in [0.2, 0.25) is 0 Å². The second-order valence-electron chi connectivity index (χ2n) is 4.08. The number of benzene rings is 2. The number of aryl methyl sites for hydroxylation is 1. The molecule has 0 aromatic heterocycles. The number of rotatable bonds is 4. The molecule has 92 valence electrons. The first-order valence-electron chi connectivity index (χ1n) is 5.62. The molecule has 0 aliphatic rings. The van der Waals surface area contributed by atoms with E-state index >= 15 is 0 Å². The number of carbonyl (C=O) groups is 1. The number of aldehydes is 1. The van der Waals surface area contributed by atoms with Crippen molar-refractivity contribution in [3.63, 3.8) is 0 Å². The molecule has 0 bridgehead atoms. The molecule has 0 aliphatic carbocycles. The highest BCUT2D eigenvalue weighted by atomic mass is 19.1. The van der Waals surface area contributed by atoms with E-state index in [4.69, 9.17) is 4.74 Å². The van der Waals surface area contributed by atoms with Gasteiger partial charge < -0.3 is 4.74 Å². The SMILES string of the molecule is Cc1cccc(COc2ccc(F)cc2C=O)c1. The molecule has 0 fully saturated rings. The number of halogens is 1. The molecule has 0 radical (unpaired) electrons. The Labute approximate surface area is 105 Å². The first-order chi connectivity index (χ1) is 8.69. The van der Waals surface area contributed by atoms with Crippen molar-refractivity contribution in [3.8, 4) is 5.75 Å². The maximum absolute atomic E-state index is 12.9. The number of hydrogen-bond donors (Lipinski definition) is 0. The van der Waals surface area contributed by atoms with Gasteiger partial charge in [-0.3, -0.25) is 4.79 Å². The second kappa shape index (κ2) is 5.45. The predicted octanol–water partition coefficient (Wildman–Crippen LogP) is 3.53. The summed E-state index contributed by atoms with van der Waals surface area (Å²) >= 11 is 0. The fourth-order valence-electron chi connectivity index (χ4n) is 1.71. The van der Waals surface area contributed by atoms with Crippen molar-refractivity contribution in [2.45, 2.75) is 13.5 Å². The molecule has 0 spiro atoms. The van der Waals surface area contributed by atoms with Crippen LogP contribution in [0.5, 0.6) is 5.75 Å². The predicted molar refractivity (Wildman–Crippen MR) is 67.3 cm³/mol. The minimum absolute atomic E-state index is 0.225. The molecule has 0 heterocycles. The Morgan fingerprint density at radius 2 is 2.06 bits per heavy atom. The molecule has 0 saturated heterocycles. The third-order valence-electron chi connectivity index (χ3n) is 2.58. The first-order valence-corrected chi connectivity index (χ1v) is 5.62. The van der Waals surface area contributed by atoms with Crippen LogP contribution < -0.4 is 4.74 Å². The van der Waals surface area contributed by atoms with Crippen LogP contribution in [0.3, 0.4) is 0 Å². The summed E-state index contributed by atoms with van der Waals surface area (Å²) in [6.07, 6.45) is 0.592. The summed E-state index contributed by atoms with van der Waals surface area (Å²) < 4.78 is 18.5. The number of carbonyl (C=O) groups excluding carboxylic acids is 1. The van der Waals surface area contributed by atoms with Crippen LogP contribution in [-0.4, -0.2) is 6.29 Å². The van der Waals surface area contributed by atoms with Gasteiger partial charge in [-0.1, -0.05) is 29.8 Å². The van der Waals surface area contributed by atoms with Gasteiger partial charge in [0, 0.05) is 0 Å². The van der Waals surface area contributed by atoms with Gasteiger partial charge in [0.25, 0.3) is 0 Å². The van der Waals surface area contributed by atoms with Crippen molar-refractivity contribution in [3.05, 3.63) is 65.0 Å². The minimum Gasteiger partial charge on any atom is -0.488 e. The topological polar surface area (TPSA) is 26.3 Å². The van der Waals surface area contributed by atoms with Gasteiger partial charge in [-0.25, -0.2) is 4.39 Å². The Morgan fingerprint density at radius 1 is 1.22 bits per heavy atom. The summed E-state index contributed by atoms with van der Waals surface area (Å²) in [5.41, 5.74) is 2.38. The standard InChI is InChI=1S/C15H13FO2/c1-11-3-2-4-12(7-11)10-18-15-6-5-14(16)8-13(15)9-17/h2-9H,10H2,1H3. The van der Waals surface area contributed by atoms with E-state index in [0.717, 1.165) is 11.1 Å². The van der Waals surface area contributed by atoms with E-state index in [2.05, 4.69) is 0 Å². The van der Waals surface area contributed by atoms with Crippen LogP contribution in [-0.2, 0) is 6.61 Å². The summed E-state index contributed by atoms with van der Waals surface area (Å²) in [6, 6.07) is 11.8. The summed E-state index contributed by atoms with van der Waals surface area (Å²) in [5.74, 6) is -0.0482. The summed E-state index contributed by atoms with van der Waals surface area (Å²) in [7, 11) is 0. The van der Waals surface area contributed by atoms with Gasteiger partial charge in [0.15, 0.2) is 6.29 Å². The third kappa shape index (κ3) is 2.94. The molecule has 2 rings (SSSR count). The zero-order chi connectivity index (χ0) is 13.0. The number of ether oxygens (including phenoxy) is 1. The van der Waals surface area contributed by atoms with E-state index < -0.39 is 5.82 Å². The van der Waals surface area contributed by atoms with Crippen molar-refractivity contribution in [2.75, 3.05) is 0 Å². The van der Waals surface area contributed by atoms with Crippen molar-refractivity contribution in [2.24, 2.45) is 0 Å². The van der Waals surface area contributed by atoms with Crippen molar-refractivity contribution < 1.29 is 13.9 Å². The fraction of sp³-hybridized carbons (Fsp3) is 0.133. The highest BCUT2D eigenvalue weighted by Gasteiger charge is 2.05. The van der Waals surface area contributed by atoms with Crippen LogP contribution >= 0.6 is 0 Å². The molecular weight excluding hydrogens is 231 g/mol. The lowest BCUT2D eigenvalue weighted by atomic mass is 10.1. The molecule has 0 atom stereocenters. The van der Waals surface area contributed by atoms with Crippen molar-refractivity contribution in [1.29, 1.82) is 0 Å². The Balaban J connectivity index is 2.13. The van der Waals surface area contributed by atoms with Gasteiger partial charge in [0.1, 0.15) is 18.2 Å². The molecule has 0 unspecified atom stereocenters. The van der Waals surface area contributed by atoms with Gasteiger partial charge in [0.05, 0.1) is 5.56 Å². The Hall–Kier alpha value is -2.16. The molecule has 0 N–H and O–H groups in total. The molecule has 0 aliphatic heterocycles. The zero-order valence-electron chi connectivity index (χ0n) is 10.0. The van der Waals surface area contributed by atoms with E-state index in [1.165, 1.54) is 18.2 Å². The summed E-state index contributed by atoms with van der Waals surface area (Å²) in [6.45, 7) is 2.35. The summed E-state index contributed by atoms with van der Waals surface area (Å²) in [5, 5.41) is 0. The average molecular weight is 244 g/mol. The first kappa shape index (κ1) is 12.3. The lowest BCUT2D eigenvalue weighted by Gasteiger charge is -2.09. The van der Waals surface area contributed by atoms with Gasteiger partial charge in [-0.2, -0.15) is 0 Å². The van der Waals surface area contributed by atoms with Gasteiger partial charge in [-0.05, 0) is 30.7 Å². The minimum atomic E-state index is -0.444. The molecule has 2 nitrogen and oxygen atoms in total. The maximum Gasteiger partial charge on any atom is 0.153 e. The average Bonchev–Trinajstić information content (AvgIpc) is 2.37. The smallest absolute Gasteiger partial charge is 0.153 e. The van der Waals surface area contributed by atoms with Crippen molar-refractivity contribution >= 4 is 6.29 Å². The van der Waals surface area contributed by atoms with E-state index in [-0.39, 0.29) is 5.56 Å². The molecule has 3 heteroatoms. The Kier molecular flexibility index (Phi) is 3.72. The largest absolute Gasteiger partial charge is 0.488 e. The zero-order valence-corrected chi connectivity index (χ0v) is 10.0. The Bertz CT molecular complexity index is 564. The molecular formula is C15H13FO2. The molecule has 0 amide bonds. The van der Waals surface area contributed by atoms with E-state index in [0.29, 0.717) is 18.6 Å². The molecule has 18 heavy (non-hydrogen) atoms. The van der Waals surface area contributed by atoms with Crippen LogP contribution in [0, 0.1) is 12.7 Å². The van der Waals surface area contributed by atoms with Crippen LogP contribution in [0.25, 0.3) is 0 Å². The van der Waals surface area contributed by atoms with E-state index in [9.17, 15) is 9.18 Å². The maximum atomic E-state index is 12.9. The third-order valence-corrected chi connectivity index (χ3v) is 2.58. The van der Waals surface area contributed by atoms with E-state index in [1.54, 1.807) is 0 Å². The number of hydrogen-bond acceptors (Lipinski definition) is 2. The lowest BCUT2D eigenvalue weighted by molar-refractivity contribution is 0.111. The monoisotopic (exact) mass is 244 g/mol.